The van der Waals surface area contributed by atoms with Gasteiger partial charge < -0.3 is 38.5 Å². The van der Waals surface area contributed by atoms with Crippen molar-refractivity contribution in [3.05, 3.63) is 80.9 Å². The minimum absolute atomic E-state index is 0.0425. The Morgan fingerprint density at radius 2 is 1.61 bits per heavy atom. The lowest BCUT2D eigenvalue weighted by atomic mass is 10.1. The van der Waals surface area contributed by atoms with E-state index in [1.807, 2.05) is 39.2 Å². The predicted octanol–water partition coefficient (Wildman–Crippen LogP) is 5.47. The number of allylic oxidation sites excluding steroid dienone is 1. The molecule has 0 unspecified atom stereocenters. The normalized spacial score (nSPS) is 13.3. The topological polar surface area (TPSA) is 212 Å². The van der Waals surface area contributed by atoms with Gasteiger partial charge in [-0.3, -0.25) is 24.5 Å². The molecule has 0 spiro atoms. The number of piperazine rings is 1. The lowest BCUT2D eigenvalue weighted by Crippen LogP contribution is -2.50. The van der Waals surface area contributed by atoms with Gasteiger partial charge in [0, 0.05) is 58.4 Å². The van der Waals surface area contributed by atoms with Gasteiger partial charge in [0.25, 0.3) is 5.69 Å². The summed E-state index contributed by atoms with van der Waals surface area (Å²) >= 11 is 0. The summed E-state index contributed by atoms with van der Waals surface area (Å²) in [4.78, 5) is 71.5. The van der Waals surface area contributed by atoms with E-state index in [9.17, 15) is 29.3 Å². The molecule has 1 saturated heterocycles. The van der Waals surface area contributed by atoms with Gasteiger partial charge in [-0.15, -0.1) is 0 Å². The zero-order valence-corrected chi connectivity index (χ0v) is 35.9. The summed E-state index contributed by atoms with van der Waals surface area (Å²) in [5, 5.41) is 19.8. The molecule has 1 fully saturated rings. The van der Waals surface area contributed by atoms with Crippen LogP contribution in [0.2, 0.25) is 0 Å². The van der Waals surface area contributed by atoms with E-state index in [-0.39, 0.29) is 66.2 Å². The molecule has 1 aliphatic rings. The molecule has 19 nitrogen and oxygen atoms in total. The Morgan fingerprint density at radius 3 is 2.23 bits per heavy atom. The number of aromatic nitrogens is 4. The Labute approximate surface area is 353 Å². The number of methoxy groups -OCH3 is 3. The van der Waals surface area contributed by atoms with Crippen LogP contribution in [0.3, 0.4) is 0 Å². The summed E-state index contributed by atoms with van der Waals surface area (Å²) in [6.45, 7) is 13.2. The molecule has 5 rings (SSSR count). The van der Waals surface area contributed by atoms with Crippen molar-refractivity contribution in [3.8, 4) is 11.5 Å². The lowest BCUT2D eigenvalue weighted by Gasteiger charge is -2.35. The largest absolute Gasteiger partial charge is 0.494 e. The molecule has 0 radical (unpaired) electrons. The highest BCUT2D eigenvalue weighted by molar-refractivity contribution is 5.98. The zero-order chi connectivity index (χ0) is 44.4. The molecule has 0 bridgehead atoms. The summed E-state index contributed by atoms with van der Waals surface area (Å²) in [6, 6.07) is 7.39. The standard InChI is InChI=1S/C42H54N8O11/c1-9-49-31(21-27(2)45-49)33(51)26-36-44-30-22-28(39(52)58-7)25-35(57-6)38(30)48(36)15-11-10-13-43-37-32(50(55)56)23-29(40(53)59-8)24-34(37)60-20-12-14-46-16-18-47(19-17-46)41(54)61-42(3,4)5/h10-11,21-25,43H,9,12-20,26H2,1-8H3/b11-10+. The van der Waals surface area contributed by atoms with E-state index in [4.69, 9.17) is 28.7 Å². The maximum absolute atomic E-state index is 13.6. The molecule has 1 N–H and O–H groups in total. The van der Waals surface area contributed by atoms with E-state index >= 15 is 0 Å². The fourth-order valence-electron chi connectivity index (χ4n) is 6.89. The average molecular weight is 847 g/mol. The summed E-state index contributed by atoms with van der Waals surface area (Å²) in [7, 11) is 3.93. The number of Topliss-reactive ketones (excluding diaryl/α,β-unsaturated/α-hetero) is 1. The third-order valence-corrected chi connectivity index (χ3v) is 9.78. The number of imidazole rings is 1. The second-order valence-electron chi connectivity index (χ2n) is 15.2. The molecule has 61 heavy (non-hydrogen) atoms. The van der Waals surface area contributed by atoms with Gasteiger partial charge in [0.2, 0.25) is 0 Å². The molecule has 0 aliphatic carbocycles. The van der Waals surface area contributed by atoms with Crippen LogP contribution < -0.4 is 14.8 Å². The number of ether oxygens (including phenoxy) is 5. The number of nitro groups is 1. The third kappa shape index (κ3) is 11.4. The van der Waals surface area contributed by atoms with Crippen LogP contribution in [-0.4, -0.2) is 131 Å². The number of esters is 2. The highest BCUT2D eigenvalue weighted by atomic mass is 16.6. The molecule has 0 saturated carbocycles. The van der Waals surface area contributed by atoms with Crippen LogP contribution in [0.5, 0.6) is 11.5 Å². The number of carbonyl (C=O) groups excluding carboxylic acids is 4. The predicted molar refractivity (Wildman–Crippen MR) is 225 cm³/mol. The molecule has 3 heterocycles. The summed E-state index contributed by atoms with van der Waals surface area (Å²) in [5.41, 5.74) is 1.42. The minimum Gasteiger partial charge on any atom is -0.494 e. The second-order valence-corrected chi connectivity index (χ2v) is 15.2. The van der Waals surface area contributed by atoms with Crippen LogP contribution >= 0.6 is 0 Å². The number of hydrogen-bond acceptors (Lipinski definition) is 15. The van der Waals surface area contributed by atoms with E-state index in [1.54, 1.807) is 39.9 Å². The number of amides is 1. The maximum atomic E-state index is 13.6. The second kappa shape index (κ2) is 20.2. The molecule has 328 valence electrons. The molecular weight excluding hydrogens is 793 g/mol. The Hall–Kier alpha value is -6.50. The average Bonchev–Trinajstić information content (AvgIpc) is 3.79. The lowest BCUT2D eigenvalue weighted by molar-refractivity contribution is -0.384. The molecule has 19 heteroatoms. The Bertz CT molecular complexity index is 2280. The van der Waals surface area contributed by atoms with Gasteiger partial charge in [-0.1, -0.05) is 12.2 Å². The minimum atomic E-state index is -0.757. The number of hydrogen-bond donors (Lipinski definition) is 1. The maximum Gasteiger partial charge on any atom is 0.410 e. The van der Waals surface area contributed by atoms with E-state index < -0.39 is 22.5 Å². The van der Waals surface area contributed by atoms with E-state index in [1.165, 1.54) is 27.4 Å². The number of carbonyl (C=O) groups is 4. The first-order valence-electron chi connectivity index (χ1n) is 19.9. The molecule has 4 aromatic rings. The number of benzene rings is 2. The monoisotopic (exact) mass is 846 g/mol. The van der Waals surface area contributed by atoms with Crippen molar-refractivity contribution >= 4 is 46.2 Å². The van der Waals surface area contributed by atoms with Gasteiger partial charge in [-0.25, -0.2) is 19.4 Å². The van der Waals surface area contributed by atoms with Crippen LogP contribution in [0.25, 0.3) is 11.0 Å². The van der Waals surface area contributed by atoms with Gasteiger partial charge in [0.05, 0.1) is 61.6 Å². The number of rotatable bonds is 18. The molecule has 2 aromatic carbocycles. The highest BCUT2D eigenvalue weighted by Crippen LogP contribution is 2.37. The number of nitrogens with one attached hydrogen (secondary N) is 1. The number of anilines is 1. The number of fused-ring (bicyclic) bond motifs is 1. The summed E-state index contributed by atoms with van der Waals surface area (Å²) in [6.07, 6.45) is 3.70. The third-order valence-electron chi connectivity index (χ3n) is 9.78. The zero-order valence-electron chi connectivity index (χ0n) is 35.9. The van der Waals surface area contributed by atoms with Crippen molar-refractivity contribution in [3.63, 3.8) is 0 Å². The first-order chi connectivity index (χ1) is 29.1. The summed E-state index contributed by atoms with van der Waals surface area (Å²) < 4.78 is 30.5. The van der Waals surface area contributed by atoms with Crippen molar-refractivity contribution in [2.45, 2.75) is 66.2 Å². The van der Waals surface area contributed by atoms with Gasteiger partial charge in [-0.05, 0) is 65.3 Å². The number of aryl methyl sites for hydroxylation is 2. The number of ketones is 1. The quantitative estimate of drug-likeness (QED) is 0.0250. The van der Waals surface area contributed by atoms with Crippen molar-refractivity contribution in [1.29, 1.82) is 0 Å². The first kappa shape index (κ1) is 45.6. The van der Waals surface area contributed by atoms with Gasteiger partial charge in [0.15, 0.2) is 11.5 Å². The first-order valence-corrected chi connectivity index (χ1v) is 19.9. The van der Waals surface area contributed by atoms with Crippen molar-refractivity contribution < 1.29 is 47.8 Å². The van der Waals surface area contributed by atoms with Crippen LogP contribution in [0.1, 0.15) is 76.8 Å². The van der Waals surface area contributed by atoms with Crippen LogP contribution in [0.15, 0.2) is 42.5 Å². The smallest absolute Gasteiger partial charge is 0.410 e. The SMILES string of the molecule is CCn1nc(C)cc1C(=O)Cc1nc2cc(C(=O)OC)cc(OC)c2n1C/C=C/CNc1c(OCCCN2CCN(C(=O)OC(C)(C)C)CC2)cc(C(=O)OC)cc1[N+](=O)[O-]. The van der Waals surface area contributed by atoms with Crippen molar-refractivity contribution in [1.82, 2.24) is 29.1 Å². The van der Waals surface area contributed by atoms with Gasteiger partial charge in [0.1, 0.15) is 34.1 Å². The van der Waals surface area contributed by atoms with E-state index in [0.717, 1.165) is 6.07 Å². The molecule has 2 aromatic heterocycles. The van der Waals surface area contributed by atoms with E-state index in [2.05, 4.69) is 15.3 Å². The Balaban J connectivity index is 1.33. The summed E-state index contributed by atoms with van der Waals surface area (Å²) in [5.74, 6) is -0.676. The molecule has 0 atom stereocenters. The van der Waals surface area contributed by atoms with E-state index in [0.29, 0.717) is 79.7 Å². The molecular formula is C42H54N8O11. The number of nitro benzene ring substituents is 1. The van der Waals surface area contributed by atoms with Gasteiger partial charge >= 0.3 is 18.0 Å². The van der Waals surface area contributed by atoms with Crippen LogP contribution in [-0.2, 0) is 33.7 Å². The van der Waals surface area contributed by atoms with Crippen LogP contribution in [0.4, 0.5) is 16.2 Å². The Kier molecular flexibility index (Phi) is 15.1. The Morgan fingerprint density at radius 1 is 0.934 bits per heavy atom. The number of nitrogens with zero attached hydrogens (tertiary/aromatic N) is 7. The van der Waals surface area contributed by atoms with Gasteiger partial charge in [-0.2, -0.15) is 5.10 Å². The van der Waals surface area contributed by atoms with Crippen molar-refractivity contribution in [2.24, 2.45) is 0 Å². The van der Waals surface area contributed by atoms with Crippen LogP contribution in [0, 0.1) is 17.0 Å². The van der Waals surface area contributed by atoms with Crippen molar-refractivity contribution in [2.75, 3.05) is 72.5 Å². The fourth-order valence-corrected chi connectivity index (χ4v) is 6.89. The highest BCUT2D eigenvalue weighted by Gasteiger charge is 2.27. The fraction of sp³-hybridized carbons (Fsp3) is 0.476. The molecule has 1 aliphatic heterocycles. The molecule has 1 amide bonds.